The first kappa shape index (κ1) is 16.2. The van der Waals surface area contributed by atoms with E-state index >= 15 is 0 Å². The van der Waals surface area contributed by atoms with Crippen molar-refractivity contribution in [1.29, 1.82) is 0 Å². The summed E-state index contributed by atoms with van der Waals surface area (Å²) in [4.78, 5) is 19.7. The fourth-order valence-electron chi connectivity index (χ4n) is 4.26. The Morgan fingerprint density at radius 2 is 1.68 bits per heavy atom. The van der Waals surface area contributed by atoms with E-state index in [0.717, 1.165) is 64.3 Å². The van der Waals surface area contributed by atoms with Gasteiger partial charge in [0.1, 0.15) is 0 Å². The summed E-state index contributed by atoms with van der Waals surface area (Å²) in [5.41, 5.74) is 0. The van der Waals surface area contributed by atoms with Crippen molar-refractivity contribution in [3.05, 3.63) is 0 Å². The highest BCUT2D eigenvalue weighted by atomic mass is 16.2. The molecule has 5 heteroatoms. The highest BCUT2D eigenvalue weighted by molar-refractivity contribution is 5.79. The molecule has 0 unspecified atom stereocenters. The predicted octanol–water partition coefficient (Wildman–Crippen LogP) is 0.613. The van der Waals surface area contributed by atoms with Gasteiger partial charge in [-0.2, -0.15) is 0 Å². The number of carbonyl (C=O) groups is 1. The van der Waals surface area contributed by atoms with Crippen LogP contribution in [0, 0.1) is 5.92 Å². The Kier molecular flexibility index (Phi) is 5.37. The first-order valence-electron chi connectivity index (χ1n) is 9.12. The van der Waals surface area contributed by atoms with Crippen LogP contribution >= 0.6 is 0 Å². The molecule has 5 nitrogen and oxygen atoms in total. The number of carbonyl (C=O) groups excluding carboxylic acids is 1. The normalized spacial score (nSPS) is 34.5. The third-order valence-electron chi connectivity index (χ3n) is 5.90. The lowest BCUT2D eigenvalue weighted by Crippen LogP contribution is -2.52. The van der Waals surface area contributed by atoms with Crippen molar-refractivity contribution in [1.82, 2.24) is 20.0 Å². The first-order valence-corrected chi connectivity index (χ1v) is 9.12. The lowest BCUT2D eigenvalue weighted by atomic mass is 10.1. The van der Waals surface area contributed by atoms with Gasteiger partial charge in [-0.05, 0) is 39.7 Å². The molecule has 3 saturated heterocycles. The largest absolute Gasteiger partial charge is 0.340 e. The van der Waals surface area contributed by atoms with Gasteiger partial charge in [0.25, 0.3) is 0 Å². The summed E-state index contributed by atoms with van der Waals surface area (Å²) >= 11 is 0. The SMILES string of the molecule is C[C@@H]1CC[C@@H](C)N1CCN1CCN(C(=O)[C@@H]2CCNC2)CC1. The molecule has 3 aliphatic rings. The highest BCUT2D eigenvalue weighted by Gasteiger charge is 2.30. The van der Waals surface area contributed by atoms with Crippen LogP contribution < -0.4 is 5.32 Å². The van der Waals surface area contributed by atoms with E-state index in [2.05, 4.69) is 33.9 Å². The van der Waals surface area contributed by atoms with Crippen LogP contribution in [-0.4, -0.2) is 85.0 Å². The van der Waals surface area contributed by atoms with Gasteiger partial charge in [-0.25, -0.2) is 0 Å². The van der Waals surface area contributed by atoms with Gasteiger partial charge in [0.2, 0.25) is 5.91 Å². The number of likely N-dealkylation sites (tertiary alicyclic amines) is 1. The Morgan fingerprint density at radius 3 is 2.27 bits per heavy atom. The van der Waals surface area contributed by atoms with E-state index in [9.17, 15) is 4.79 Å². The van der Waals surface area contributed by atoms with Crippen LogP contribution in [0.3, 0.4) is 0 Å². The summed E-state index contributed by atoms with van der Waals surface area (Å²) in [5.74, 6) is 0.615. The van der Waals surface area contributed by atoms with Gasteiger partial charge in [0.15, 0.2) is 0 Å². The average Bonchev–Trinajstić information content (AvgIpc) is 3.17. The second kappa shape index (κ2) is 7.28. The molecule has 0 aromatic carbocycles. The van der Waals surface area contributed by atoms with Crippen molar-refractivity contribution in [3.63, 3.8) is 0 Å². The van der Waals surface area contributed by atoms with Crippen molar-refractivity contribution < 1.29 is 4.79 Å². The molecular weight excluding hydrogens is 276 g/mol. The summed E-state index contributed by atoms with van der Waals surface area (Å²) in [6.45, 7) is 12.9. The zero-order chi connectivity index (χ0) is 15.5. The second-order valence-corrected chi connectivity index (χ2v) is 7.37. The van der Waals surface area contributed by atoms with Gasteiger partial charge < -0.3 is 10.2 Å². The molecule has 0 aromatic rings. The average molecular weight is 308 g/mol. The minimum absolute atomic E-state index is 0.234. The van der Waals surface area contributed by atoms with Crippen LogP contribution in [0.2, 0.25) is 0 Å². The molecule has 0 aromatic heterocycles. The standard InChI is InChI=1S/C17H32N4O/c1-14-3-4-15(2)21(14)12-9-19-7-10-20(11-8-19)17(22)16-5-6-18-13-16/h14-16,18H,3-13H2,1-2H3/t14-,15-,16-/m1/s1. The molecule has 126 valence electrons. The second-order valence-electron chi connectivity index (χ2n) is 7.37. The Hall–Kier alpha value is -0.650. The molecule has 0 spiro atoms. The molecular formula is C17H32N4O. The lowest BCUT2D eigenvalue weighted by Gasteiger charge is -2.37. The van der Waals surface area contributed by atoms with Crippen LogP contribution in [0.4, 0.5) is 0 Å². The van der Waals surface area contributed by atoms with Gasteiger partial charge in [0, 0.05) is 57.9 Å². The highest BCUT2D eigenvalue weighted by Crippen LogP contribution is 2.23. The molecule has 3 heterocycles. The van der Waals surface area contributed by atoms with E-state index in [4.69, 9.17) is 0 Å². The van der Waals surface area contributed by atoms with Crippen LogP contribution in [-0.2, 0) is 4.79 Å². The lowest BCUT2D eigenvalue weighted by molar-refractivity contribution is -0.136. The summed E-state index contributed by atoms with van der Waals surface area (Å²) < 4.78 is 0. The molecule has 22 heavy (non-hydrogen) atoms. The maximum atomic E-state index is 12.4. The molecule has 3 aliphatic heterocycles. The van der Waals surface area contributed by atoms with Gasteiger partial charge in [-0.15, -0.1) is 0 Å². The van der Waals surface area contributed by atoms with Gasteiger partial charge in [-0.3, -0.25) is 14.6 Å². The molecule has 1 amide bonds. The van der Waals surface area contributed by atoms with Crippen molar-refractivity contribution in [2.75, 3.05) is 52.4 Å². The smallest absolute Gasteiger partial charge is 0.227 e. The van der Waals surface area contributed by atoms with E-state index in [1.165, 1.54) is 19.4 Å². The zero-order valence-electron chi connectivity index (χ0n) is 14.3. The minimum atomic E-state index is 0.234. The third-order valence-corrected chi connectivity index (χ3v) is 5.90. The molecule has 3 atom stereocenters. The van der Waals surface area contributed by atoms with E-state index in [0.29, 0.717) is 5.91 Å². The fraction of sp³-hybridized carbons (Fsp3) is 0.941. The maximum Gasteiger partial charge on any atom is 0.227 e. The number of nitrogens with zero attached hydrogens (tertiary/aromatic N) is 3. The number of piperazine rings is 1. The van der Waals surface area contributed by atoms with Crippen molar-refractivity contribution in [2.45, 2.75) is 45.2 Å². The topological polar surface area (TPSA) is 38.8 Å². The van der Waals surface area contributed by atoms with E-state index in [-0.39, 0.29) is 5.92 Å². The maximum absolute atomic E-state index is 12.4. The van der Waals surface area contributed by atoms with Crippen molar-refractivity contribution in [3.8, 4) is 0 Å². The number of rotatable bonds is 4. The number of amides is 1. The third kappa shape index (κ3) is 3.63. The van der Waals surface area contributed by atoms with E-state index in [1.807, 2.05) is 0 Å². The molecule has 1 N–H and O–H groups in total. The molecule has 3 fully saturated rings. The van der Waals surface area contributed by atoms with Crippen molar-refractivity contribution >= 4 is 5.91 Å². The molecule has 0 aliphatic carbocycles. The summed E-state index contributed by atoms with van der Waals surface area (Å²) in [7, 11) is 0. The van der Waals surface area contributed by atoms with Gasteiger partial charge >= 0.3 is 0 Å². The monoisotopic (exact) mass is 308 g/mol. The summed E-state index contributed by atoms with van der Waals surface area (Å²) in [6.07, 6.45) is 3.71. The molecule has 0 radical (unpaired) electrons. The summed E-state index contributed by atoms with van der Waals surface area (Å²) in [5, 5.41) is 3.30. The zero-order valence-corrected chi connectivity index (χ0v) is 14.3. The van der Waals surface area contributed by atoms with Crippen LogP contribution in [0.1, 0.15) is 33.1 Å². The quantitative estimate of drug-likeness (QED) is 0.826. The Balaban J connectivity index is 1.39. The summed E-state index contributed by atoms with van der Waals surface area (Å²) in [6, 6.07) is 1.49. The molecule has 0 bridgehead atoms. The Bertz CT molecular complexity index is 365. The number of hydrogen-bond donors (Lipinski definition) is 1. The fourth-order valence-corrected chi connectivity index (χ4v) is 4.26. The molecule has 3 rings (SSSR count). The Morgan fingerprint density at radius 1 is 1.00 bits per heavy atom. The van der Waals surface area contributed by atoms with Gasteiger partial charge in [-0.1, -0.05) is 0 Å². The Labute approximate surface area is 135 Å². The van der Waals surface area contributed by atoms with Crippen molar-refractivity contribution in [2.24, 2.45) is 5.92 Å². The van der Waals surface area contributed by atoms with Crippen LogP contribution in [0.25, 0.3) is 0 Å². The molecule has 0 saturated carbocycles. The van der Waals surface area contributed by atoms with Gasteiger partial charge in [0.05, 0.1) is 5.92 Å². The number of hydrogen-bond acceptors (Lipinski definition) is 4. The first-order chi connectivity index (χ1) is 10.6. The number of nitrogens with one attached hydrogen (secondary N) is 1. The predicted molar refractivity (Wildman–Crippen MR) is 88.9 cm³/mol. The van der Waals surface area contributed by atoms with Crippen LogP contribution in [0.15, 0.2) is 0 Å². The minimum Gasteiger partial charge on any atom is -0.340 e. The van der Waals surface area contributed by atoms with Crippen LogP contribution in [0.5, 0.6) is 0 Å². The van der Waals surface area contributed by atoms with E-state index < -0.39 is 0 Å². The van der Waals surface area contributed by atoms with E-state index in [1.54, 1.807) is 0 Å².